The SMILES string of the molecule is C=C(C=C1C(=C)C2(CCc3ccc(C)cc32)c2ccc(N(c3ccccc3)c3ccc(N(c4ccccc4)c4ccccc4)cc3)cc21)CC. The fraction of sp³-hybridized carbons (Fsp3) is 0.125. The van der Waals surface area contributed by atoms with Gasteiger partial charge in [-0.1, -0.05) is 116 Å². The van der Waals surface area contributed by atoms with Gasteiger partial charge in [-0.25, -0.2) is 0 Å². The minimum Gasteiger partial charge on any atom is -0.311 e. The number of nitrogens with zero attached hydrogens (tertiary/aromatic N) is 2. The maximum absolute atomic E-state index is 4.84. The lowest BCUT2D eigenvalue weighted by atomic mass is 9.73. The number of anilines is 6. The number of allylic oxidation sites excluding steroid dienone is 4. The molecule has 2 aliphatic carbocycles. The smallest absolute Gasteiger partial charge is 0.0468 e. The van der Waals surface area contributed by atoms with E-state index in [-0.39, 0.29) is 5.41 Å². The fourth-order valence-electron chi connectivity index (χ4n) is 8.02. The lowest BCUT2D eigenvalue weighted by molar-refractivity contribution is 0.628. The van der Waals surface area contributed by atoms with E-state index in [1.807, 2.05) is 0 Å². The summed E-state index contributed by atoms with van der Waals surface area (Å²) in [7, 11) is 0. The molecule has 1 atom stereocenters. The number of aryl methyl sites for hydroxylation is 2. The van der Waals surface area contributed by atoms with Crippen LogP contribution in [0, 0.1) is 6.92 Å². The van der Waals surface area contributed by atoms with E-state index in [2.05, 4.69) is 188 Å². The first kappa shape index (κ1) is 31.4. The zero-order chi connectivity index (χ0) is 34.2. The summed E-state index contributed by atoms with van der Waals surface area (Å²) in [5.74, 6) is 0. The lowest BCUT2D eigenvalue weighted by Gasteiger charge is -2.30. The first-order chi connectivity index (χ1) is 24.5. The van der Waals surface area contributed by atoms with E-state index in [1.165, 1.54) is 39.0 Å². The molecule has 8 rings (SSSR count). The predicted octanol–water partition coefficient (Wildman–Crippen LogP) is 13.1. The molecule has 0 aliphatic heterocycles. The van der Waals surface area contributed by atoms with Crippen LogP contribution in [0.2, 0.25) is 0 Å². The van der Waals surface area contributed by atoms with Gasteiger partial charge in [0.15, 0.2) is 0 Å². The van der Waals surface area contributed by atoms with E-state index in [9.17, 15) is 0 Å². The van der Waals surface area contributed by atoms with Gasteiger partial charge in [0.1, 0.15) is 0 Å². The molecule has 0 N–H and O–H groups in total. The van der Waals surface area contributed by atoms with E-state index in [1.54, 1.807) is 0 Å². The average molecular weight is 647 g/mol. The first-order valence-electron chi connectivity index (χ1n) is 17.7. The molecule has 0 aromatic heterocycles. The van der Waals surface area contributed by atoms with Gasteiger partial charge in [0, 0.05) is 39.5 Å². The summed E-state index contributed by atoms with van der Waals surface area (Å²) >= 11 is 0. The van der Waals surface area contributed by atoms with Gasteiger partial charge >= 0.3 is 0 Å². The van der Waals surface area contributed by atoms with Crippen LogP contribution < -0.4 is 9.80 Å². The highest BCUT2D eigenvalue weighted by molar-refractivity contribution is 5.95. The van der Waals surface area contributed by atoms with Crippen LogP contribution in [0.4, 0.5) is 34.1 Å². The molecule has 6 aromatic carbocycles. The van der Waals surface area contributed by atoms with Gasteiger partial charge < -0.3 is 9.80 Å². The van der Waals surface area contributed by atoms with Crippen LogP contribution in [0.1, 0.15) is 47.6 Å². The second-order valence-corrected chi connectivity index (χ2v) is 13.5. The third kappa shape index (κ3) is 5.29. The summed E-state index contributed by atoms with van der Waals surface area (Å²) in [5.41, 5.74) is 16.7. The molecular weight excluding hydrogens is 605 g/mol. The van der Waals surface area contributed by atoms with Crippen molar-refractivity contribution in [2.45, 2.75) is 38.5 Å². The molecule has 50 heavy (non-hydrogen) atoms. The fourth-order valence-corrected chi connectivity index (χ4v) is 8.02. The molecule has 0 saturated heterocycles. The maximum atomic E-state index is 4.84. The van der Waals surface area contributed by atoms with Crippen molar-refractivity contribution >= 4 is 39.7 Å². The Hall–Kier alpha value is -5.86. The first-order valence-corrected chi connectivity index (χ1v) is 17.7. The second-order valence-electron chi connectivity index (χ2n) is 13.5. The zero-order valence-electron chi connectivity index (χ0n) is 28.9. The molecule has 0 radical (unpaired) electrons. The predicted molar refractivity (Wildman–Crippen MR) is 213 cm³/mol. The molecule has 0 bridgehead atoms. The molecule has 1 unspecified atom stereocenters. The van der Waals surface area contributed by atoms with E-state index in [0.29, 0.717) is 0 Å². The normalized spacial score (nSPS) is 16.8. The summed E-state index contributed by atoms with van der Waals surface area (Å²) in [6.45, 7) is 13.6. The average Bonchev–Trinajstić information content (AvgIpc) is 3.65. The van der Waals surface area contributed by atoms with Crippen LogP contribution in [0.15, 0.2) is 182 Å². The number of hydrogen-bond donors (Lipinski definition) is 0. The summed E-state index contributed by atoms with van der Waals surface area (Å²) in [6.07, 6.45) is 5.29. The van der Waals surface area contributed by atoms with E-state index >= 15 is 0 Å². The molecule has 2 heteroatoms. The summed E-state index contributed by atoms with van der Waals surface area (Å²) in [5, 5.41) is 0. The van der Waals surface area contributed by atoms with Gasteiger partial charge in [-0.3, -0.25) is 0 Å². The van der Waals surface area contributed by atoms with E-state index in [4.69, 9.17) is 6.58 Å². The van der Waals surface area contributed by atoms with Crippen molar-refractivity contribution in [3.63, 3.8) is 0 Å². The number of hydrogen-bond acceptors (Lipinski definition) is 2. The Labute approximate surface area is 297 Å². The van der Waals surface area contributed by atoms with Crippen LogP contribution in [0.3, 0.4) is 0 Å². The molecule has 2 aliphatic rings. The Balaban J connectivity index is 1.26. The van der Waals surface area contributed by atoms with Crippen molar-refractivity contribution in [1.29, 1.82) is 0 Å². The molecule has 6 aromatic rings. The highest BCUT2D eigenvalue weighted by Crippen LogP contribution is 2.60. The minimum atomic E-state index is -0.216. The Bertz CT molecular complexity index is 2190. The Kier molecular flexibility index (Phi) is 8.09. The van der Waals surface area contributed by atoms with Gasteiger partial charge in [-0.05, 0) is 132 Å². The molecule has 0 heterocycles. The van der Waals surface area contributed by atoms with Gasteiger partial charge in [-0.2, -0.15) is 0 Å². The van der Waals surface area contributed by atoms with Crippen molar-refractivity contribution in [3.05, 3.63) is 210 Å². The molecule has 0 fully saturated rings. The van der Waals surface area contributed by atoms with Gasteiger partial charge in [0.2, 0.25) is 0 Å². The number of rotatable bonds is 8. The zero-order valence-corrected chi connectivity index (χ0v) is 28.9. The number of fused-ring (bicyclic) bond motifs is 4. The minimum absolute atomic E-state index is 0.216. The standard InChI is InChI=1S/C48H42N2/c1-5-34(2)31-44-36(4)48(30-29-37-22-21-35(3)32-47(37)48)46-28-27-43(33-45(44)46)50(40-19-13-8-14-20-40)42-25-23-41(24-26-42)49(38-15-9-6-10-16-38)39-17-11-7-12-18-39/h6-28,31-33H,2,4-5,29-30H2,1,3H3. The Morgan fingerprint density at radius 3 is 1.66 bits per heavy atom. The van der Waals surface area contributed by atoms with Crippen molar-refractivity contribution in [3.8, 4) is 0 Å². The maximum Gasteiger partial charge on any atom is 0.0468 e. The third-order valence-electron chi connectivity index (χ3n) is 10.6. The van der Waals surface area contributed by atoms with Crippen LogP contribution in [-0.4, -0.2) is 0 Å². The van der Waals surface area contributed by atoms with Gasteiger partial charge in [0.25, 0.3) is 0 Å². The molecule has 1 spiro atoms. The van der Waals surface area contributed by atoms with Crippen LogP contribution in [0.25, 0.3) is 5.57 Å². The lowest BCUT2D eigenvalue weighted by Crippen LogP contribution is -2.23. The molecule has 244 valence electrons. The topological polar surface area (TPSA) is 6.48 Å². The molecule has 2 nitrogen and oxygen atoms in total. The van der Waals surface area contributed by atoms with Gasteiger partial charge in [0.05, 0.1) is 0 Å². The highest BCUT2D eigenvalue weighted by atomic mass is 15.2. The Morgan fingerprint density at radius 2 is 1.12 bits per heavy atom. The van der Waals surface area contributed by atoms with E-state index in [0.717, 1.165) is 59.0 Å². The summed E-state index contributed by atoms with van der Waals surface area (Å²) in [4.78, 5) is 4.67. The Morgan fingerprint density at radius 1 is 0.620 bits per heavy atom. The van der Waals surface area contributed by atoms with Crippen molar-refractivity contribution in [2.75, 3.05) is 9.80 Å². The van der Waals surface area contributed by atoms with Crippen LogP contribution in [-0.2, 0) is 11.8 Å². The van der Waals surface area contributed by atoms with Crippen molar-refractivity contribution in [1.82, 2.24) is 0 Å². The largest absolute Gasteiger partial charge is 0.311 e. The van der Waals surface area contributed by atoms with E-state index < -0.39 is 0 Å². The third-order valence-corrected chi connectivity index (χ3v) is 10.6. The summed E-state index contributed by atoms with van der Waals surface area (Å²) < 4.78 is 0. The number of benzene rings is 6. The summed E-state index contributed by atoms with van der Waals surface area (Å²) in [6, 6.07) is 54.8. The second kappa shape index (κ2) is 12.9. The molecule has 0 saturated carbocycles. The van der Waals surface area contributed by atoms with Crippen LogP contribution in [0.5, 0.6) is 0 Å². The number of para-hydroxylation sites is 3. The molecular formula is C48H42N2. The van der Waals surface area contributed by atoms with Crippen LogP contribution >= 0.6 is 0 Å². The quantitative estimate of drug-likeness (QED) is 0.162. The van der Waals surface area contributed by atoms with Crippen molar-refractivity contribution < 1.29 is 0 Å². The monoisotopic (exact) mass is 646 g/mol. The van der Waals surface area contributed by atoms with Crippen molar-refractivity contribution in [2.24, 2.45) is 0 Å². The van der Waals surface area contributed by atoms with Gasteiger partial charge in [-0.15, -0.1) is 0 Å². The highest BCUT2D eigenvalue weighted by Gasteiger charge is 2.49. The molecule has 0 amide bonds.